The van der Waals surface area contributed by atoms with Crippen LogP contribution in [0.3, 0.4) is 0 Å². The average Bonchev–Trinajstić information content (AvgIpc) is 3.24. The average molecular weight is 499 g/mol. The highest BCUT2D eigenvalue weighted by Crippen LogP contribution is 2.37. The Balaban J connectivity index is 1.57. The molecule has 1 aliphatic heterocycles. The number of ether oxygens (including phenoxy) is 3. The number of nitrogens with one attached hydrogen (secondary N) is 1. The smallest absolute Gasteiger partial charge is 0.291 e. The van der Waals surface area contributed by atoms with Crippen LogP contribution in [0.1, 0.15) is 29.5 Å². The van der Waals surface area contributed by atoms with Crippen LogP contribution in [0.15, 0.2) is 46.9 Å². The molecule has 1 saturated heterocycles. The van der Waals surface area contributed by atoms with Crippen LogP contribution in [0, 0.1) is 0 Å². The Bertz CT molecular complexity index is 1250. The van der Waals surface area contributed by atoms with Crippen LogP contribution in [0.25, 0.3) is 17.0 Å². The van der Waals surface area contributed by atoms with Crippen LogP contribution in [0.4, 0.5) is 5.69 Å². The van der Waals surface area contributed by atoms with Crippen molar-refractivity contribution in [3.63, 3.8) is 0 Å². The summed E-state index contributed by atoms with van der Waals surface area (Å²) in [5.41, 5.74) is 1.51. The molecular weight excluding hydrogens is 472 g/mol. The maximum atomic E-state index is 13.1. The van der Waals surface area contributed by atoms with Crippen molar-refractivity contribution in [3.8, 4) is 11.5 Å². The second-order valence-electron chi connectivity index (χ2n) is 7.91. The van der Waals surface area contributed by atoms with Gasteiger partial charge in [-0.25, -0.2) is 0 Å². The van der Waals surface area contributed by atoms with Gasteiger partial charge < -0.3 is 28.8 Å². The van der Waals surface area contributed by atoms with Crippen LogP contribution in [0.2, 0.25) is 5.02 Å². The molecule has 8 nitrogen and oxygen atoms in total. The second kappa shape index (κ2) is 11.3. The van der Waals surface area contributed by atoms with E-state index in [4.69, 9.17) is 30.2 Å². The highest BCUT2D eigenvalue weighted by Gasteiger charge is 2.27. The summed E-state index contributed by atoms with van der Waals surface area (Å²) >= 11 is 6.37. The monoisotopic (exact) mass is 498 g/mol. The van der Waals surface area contributed by atoms with Gasteiger partial charge in [-0.15, -0.1) is 0 Å². The standard InChI is InChI=1S/C26H27ClN2O6/c1-3-12-34-24-19(27)15-17(16-21(24)32-2)8-9-22(30)28-23-18-6-4-5-7-20(18)35-25(23)26(31)29-10-13-33-14-11-29/h4-9,15-16H,3,10-14H2,1-2H3,(H,28,30)/b9-8+. The van der Waals surface area contributed by atoms with Gasteiger partial charge in [0.25, 0.3) is 5.91 Å². The number of morpholine rings is 1. The van der Waals surface area contributed by atoms with Gasteiger partial charge in [0.15, 0.2) is 11.5 Å². The minimum Gasteiger partial charge on any atom is -0.493 e. The zero-order valence-corrected chi connectivity index (χ0v) is 20.4. The number of hydrogen-bond donors (Lipinski definition) is 1. The Morgan fingerprint density at radius 2 is 1.97 bits per heavy atom. The molecule has 0 spiro atoms. The number of hydrogen-bond acceptors (Lipinski definition) is 6. The number of halogens is 1. The predicted molar refractivity (Wildman–Crippen MR) is 134 cm³/mol. The van der Waals surface area contributed by atoms with Crippen molar-refractivity contribution in [1.29, 1.82) is 0 Å². The number of furan rings is 1. The first kappa shape index (κ1) is 24.6. The van der Waals surface area contributed by atoms with E-state index in [0.29, 0.717) is 71.7 Å². The van der Waals surface area contributed by atoms with E-state index in [1.54, 1.807) is 35.2 Å². The van der Waals surface area contributed by atoms with Gasteiger partial charge in [-0.1, -0.05) is 30.7 Å². The van der Waals surface area contributed by atoms with Crippen molar-refractivity contribution < 1.29 is 28.2 Å². The molecule has 0 unspecified atom stereocenters. The zero-order valence-electron chi connectivity index (χ0n) is 19.6. The lowest BCUT2D eigenvalue weighted by Gasteiger charge is -2.26. The van der Waals surface area contributed by atoms with E-state index in [1.165, 1.54) is 13.2 Å². The molecule has 0 saturated carbocycles. The van der Waals surface area contributed by atoms with Gasteiger partial charge >= 0.3 is 0 Å². The number of amides is 2. The van der Waals surface area contributed by atoms with Crippen molar-refractivity contribution in [2.45, 2.75) is 13.3 Å². The molecule has 0 radical (unpaired) electrons. The van der Waals surface area contributed by atoms with Crippen molar-refractivity contribution in [1.82, 2.24) is 4.90 Å². The summed E-state index contributed by atoms with van der Waals surface area (Å²) in [7, 11) is 1.53. The molecule has 1 N–H and O–H groups in total. The van der Waals surface area contributed by atoms with Crippen molar-refractivity contribution >= 4 is 46.1 Å². The summed E-state index contributed by atoms with van der Waals surface area (Å²) in [5, 5.41) is 3.85. The van der Waals surface area contributed by atoms with Crippen LogP contribution in [-0.2, 0) is 9.53 Å². The molecule has 0 atom stereocenters. The fraction of sp³-hybridized carbons (Fsp3) is 0.308. The maximum Gasteiger partial charge on any atom is 0.291 e. The van der Waals surface area contributed by atoms with Crippen LogP contribution in [-0.4, -0.2) is 56.7 Å². The fourth-order valence-electron chi connectivity index (χ4n) is 3.75. The largest absolute Gasteiger partial charge is 0.493 e. The zero-order chi connectivity index (χ0) is 24.8. The molecule has 1 aromatic heterocycles. The number of methoxy groups -OCH3 is 1. The van der Waals surface area contributed by atoms with Gasteiger partial charge in [0.2, 0.25) is 11.7 Å². The molecule has 1 fully saturated rings. The number of rotatable bonds is 8. The second-order valence-corrected chi connectivity index (χ2v) is 8.32. The van der Waals surface area contributed by atoms with Crippen molar-refractivity contribution in [2.24, 2.45) is 0 Å². The van der Waals surface area contributed by atoms with Crippen LogP contribution in [0.5, 0.6) is 11.5 Å². The molecule has 0 bridgehead atoms. The first-order chi connectivity index (χ1) is 17.0. The summed E-state index contributed by atoms with van der Waals surface area (Å²) in [6.07, 6.45) is 3.81. The Morgan fingerprint density at radius 3 is 2.71 bits per heavy atom. The van der Waals surface area contributed by atoms with E-state index >= 15 is 0 Å². The quantitative estimate of drug-likeness (QED) is 0.439. The van der Waals surface area contributed by atoms with Crippen LogP contribution >= 0.6 is 11.6 Å². The van der Waals surface area contributed by atoms with Gasteiger partial charge in [-0.05, 0) is 42.3 Å². The predicted octanol–water partition coefficient (Wildman–Crippen LogP) is 5.01. The van der Waals surface area contributed by atoms with E-state index in [0.717, 1.165) is 6.42 Å². The molecule has 184 valence electrons. The summed E-state index contributed by atoms with van der Waals surface area (Å²) in [5.74, 6) is 0.327. The highest BCUT2D eigenvalue weighted by molar-refractivity contribution is 6.32. The summed E-state index contributed by atoms with van der Waals surface area (Å²) in [6.45, 7) is 4.36. The Labute approximate surface area is 208 Å². The third-order valence-corrected chi connectivity index (χ3v) is 5.75. The fourth-order valence-corrected chi connectivity index (χ4v) is 4.02. The van der Waals surface area contributed by atoms with Gasteiger partial charge in [0.05, 0.1) is 32.0 Å². The molecule has 3 aromatic rings. The van der Waals surface area contributed by atoms with E-state index in [-0.39, 0.29) is 11.7 Å². The first-order valence-electron chi connectivity index (χ1n) is 11.4. The van der Waals surface area contributed by atoms with Gasteiger partial charge in [0.1, 0.15) is 11.3 Å². The number of anilines is 1. The normalized spacial score (nSPS) is 13.9. The summed E-state index contributed by atoms with van der Waals surface area (Å²) in [4.78, 5) is 27.6. The van der Waals surface area contributed by atoms with Crippen molar-refractivity contribution in [2.75, 3.05) is 45.3 Å². The lowest BCUT2D eigenvalue weighted by molar-refractivity contribution is -0.111. The van der Waals surface area contributed by atoms with E-state index in [9.17, 15) is 9.59 Å². The molecule has 2 heterocycles. The Morgan fingerprint density at radius 1 is 1.20 bits per heavy atom. The lowest BCUT2D eigenvalue weighted by atomic mass is 10.1. The number of para-hydroxylation sites is 1. The van der Waals surface area contributed by atoms with Gasteiger partial charge in [-0.2, -0.15) is 0 Å². The maximum absolute atomic E-state index is 13.1. The molecule has 2 aromatic carbocycles. The molecule has 1 aliphatic rings. The number of benzene rings is 2. The third-order valence-electron chi connectivity index (χ3n) is 5.47. The number of fused-ring (bicyclic) bond motifs is 1. The Kier molecular flexibility index (Phi) is 7.94. The molecule has 35 heavy (non-hydrogen) atoms. The third kappa shape index (κ3) is 5.61. The van der Waals surface area contributed by atoms with E-state index in [1.807, 2.05) is 19.1 Å². The SMILES string of the molecule is CCCOc1c(Cl)cc(/C=C/C(=O)Nc2c(C(=O)N3CCOCC3)oc3ccccc23)cc1OC. The first-order valence-corrected chi connectivity index (χ1v) is 11.8. The number of carbonyl (C=O) groups excluding carboxylic acids is 2. The molecular formula is C26H27ClN2O6. The van der Waals surface area contributed by atoms with Gasteiger partial charge in [0, 0.05) is 24.6 Å². The number of carbonyl (C=O) groups is 2. The molecule has 4 rings (SSSR count). The highest BCUT2D eigenvalue weighted by atomic mass is 35.5. The van der Waals surface area contributed by atoms with Crippen molar-refractivity contribution in [3.05, 3.63) is 58.8 Å². The molecule has 0 aliphatic carbocycles. The van der Waals surface area contributed by atoms with E-state index < -0.39 is 5.91 Å². The minimum absolute atomic E-state index is 0.0944. The summed E-state index contributed by atoms with van der Waals surface area (Å²) < 4.78 is 22.3. The van der Waals surface area contributed by atoms with Crippen LogP contribution < -0.4 is 14.8 Å². The van der Waals surface area contributed by atoms with E-state index in [2.05, 4.69) is 5.32 Å². The lowest BCUT2D eigenvalue weighted by Crippen LogP contribution is -2.40. The topological polar surface area (TPSA) is 90.2 Å². The molecule has 2 amide bonds. The minimum atomic E-state index is -0.422. The Hall–Kier alpha value is -3.49. The molecule has 9 heteroatoms. The summed E-state index contributed by atoms with van der Waals surface area (Å²) in [6, 6.07) is 10.6. The number of nitrogens with zero attached hydrogens (tertiary/aromatic N) is 1. The van der Waals surface area contributed by atoms with Gasteiger partial charge in [-0.3, -0.25) is 9.59 Å².